The van der Waals surface area contributed by atoms with Crippen molar-refractivity contribution >= 4 is 12.2 Å². The summed E-state index contributed by atoms with van der Waals surface area (Å²) in [6.45, 7) is 5.91. The Balaban J connectivity index is 0.00000126. The Bertz CT molecular complexity index is 1120. The average Bonchev–Trinajstić information content (AvgIpc) is 3.14. The molecule has 2 heterocycles. The Labute approximate surface area is 156 Å². The van der Waals surface area contributed by atoms with Crippen LogP contribution in [0.2, 0.25) is 0 Å². The number of rotatable bonds is 4. The number of nitrogens with zero attached hydrogens (tertiary/aromatic N) is 1. The Kier molecular flexibility index (Phi) is 6.93. The molecule has 0 spiro atoms. The third-order valence-electron chi connectivity index (χ3n) is 3.67. The molecule has 27 heavy (non-hydrogen) atoms. The van der Waals surface area contributed by atoms with Crippen LogP contribution in [0.4, 0.5) is 0 Å². The number of aromatic nitrogens is 3. The summed E-state index contributed by atoms with van der Waals surface area (Å²) < 4.78 is 10.4. The predicted octanol–water partition coefficient (Wildman–Crippen LogP) is 1.31. The molecule has 3 aromatic rings. The zero-order valence-electron chi connectivity index (χ0n) is 15.8. The van der Waals surface area contributed by atoms with Crippen LogP contribution in [0.1, 0.15) is 37.8 Å². The van der Waals surface area contributed by atoms with Crippen molar-refractivity contribution in [2.24, 2.45) is 0 Å². The molecular formula is C20H23N3O4. The molecule has 0 unspecified atom stereocenters. The molecule has 7 nitrogen and oxygen atoms in total. The van der Waals surface area contributed by atoms with Gasteiger partial charge in [0.1, 0.15) is 27.9 Å². The Morgan fingerprint density at radius 2 is 1.78 bits per heavy atom. The van der Waals surface area contributed by atoms with Crippen molar-refractivity contribution in [3.05, 3.63) is 79.1 Å². The first-order valence-corrected chi connectivity index (χ1v) is 8.73. The van der Waals surface area contributed by atoms with Gasteiger partial charge in [-0.1, -0.05) is 32.9 Å². The second kappa shape index (κ2) is 9.38. The minimum atomic E-state index is -0.418. The van der Waals surface area contributed by atoms with Crippen molar-refractivity contribution in [1.29, 1.82) is 0 Å². The third kappa shape index (κ3) is 4.84. The van der Waals surface area contributed by atoms with Crippen LogP contribution in [-0.2, 0) is 6.42 Å². The number of methoxy groups -OCH3 is 1. The van der Waals surface area contributed by atoms with Gasteiger partial charge in [-0.05, 0) is 29.8 Å². The van der Waals surface area contributed by atoms with E-state index >= 15 is 0 Å². The van der Waals surface area contributed by atoms with Gasteiger partial charge in [0.2, 0.25) is 0 Å². The summed E-state index contributed by atoms with van der Waals surface area (Å²) in [6, 6.07) is 7.17. The summed E-state index contributed by atoms with van der Waals surface area (Å²) in [5.41, 5.74) is 0.434. The topological polar surface area (TPSA) is 101 Å². The first-order valence-electron chi connectivity index (χ1n) is 8.73. The Morgan fingerprint density at radius 3 is 2.41 bits per heavy atom. The van der Waals surface area contributed by atoms with Crippen LogP contribution >= 0.6 is 0 Å². The van der Waals surface area contributed by atoms with Crippen molar-refractivity contribution in [3.8, 4) is 5.75 Å². The maximum absolute atomic E-state index is 12.3. The molecule has 0 fully saturated rings. The molecule has 0 aliphatic carbocycles. The van der Waals surface area contributed by atoms with Gasteiger partial charge in [0.25, 0.3) is 11.1 Å². The Hall–Kier alpha value is -3.35. The lowest BCUT2D eigenvalue weighted by molar-refractivity contribution is 0.414. The van der Waals surface area contributed by atoms with Gasteiger partial charge in [-0.15, -0.1) is 0 Å². The largest absolute Gasteiger partial charge is 0.497 e. The molecule has 0 amide bonds. The number of hydrogen-bond acceptors (Lipinski definition) is 5. The van der Waals surface area contributed by atoms with Gasteiger partial charge in [-0.2, -0.15) is 0 Å². The highest BCUT2D eigenvalue weighted by molar-refractivity contribution is 5.51. The molecule has 2 aromatic heterocycles. The highest BCUT2D eigenvalue weighted by atomic mass is 16.5. The van der Waals surface area contributed by atoms with Crippen molar-refractivity contribution in [3.63, 3.8) is 0 Å². The van der Waals surface area contributed by atoms with Crippen LogP contribution in [0, 0.1) is 0 Å². The number of ether oxygens (including phenoxy) is 1. The number of nitrogens with one attached hydrogen (secondary N) is 2. The fourth-order valence-corrected chi connectivity index (χ4v) is 2.39. The predicted molar refractivity (Wildman–Crippen MR) is 104 cm³/mol. The third-order valence-corrected chi connectivity index (χ3v) is 3.67. The molecule has 0 aliphatic heterocycles. The number of aryl methyl sites for hydroxylation is 1. The van der Waals surface area contributed by atoms with Crippen molar-refractivity contribution in [2.75, 3.05) is 7.11 Å². The molecule has 0 bridgehead atoms. The molecule has 2 N–H and O–H groups in total. The normalized spacial score (nSPS) is 11.9. The van der Waals surface area contributed by atoms with Crippen LogP contribution < -0.4 is 26.6 Å². The first kappa shape index (κ1) is 20.0. The van der Waals surface area contributed by atoms with E-state index in [1.807, 2.05) is 26.8 Å². The van der Waals surface area contributed by atoms with Crippen LogP contribution in [0.15, 0.2) is 44.7 Å². The first-order chi connectivity index (χ1) is 13.1. The van der Waals surface area contributed by atoms with Gasteiger partial charge in [0, 0.05) is 6.42 Å². The molecule has 0 aliphatic rings. The van der Waals surface area contributed by atoms with Gasteiger partial charge < -0.3 is 19.1 Å². The lowest BCUT2D eigenvalue weighted by Gasteiger charge is -1.99. The maximum Gasteiger partial charge on any atom is 0.272 e. The van der Waals surface area contributed by atoms with Crippen molar-refractivity contribution in [1.82, 2.24) is 15.0 Å². The van der Waals surface area contributed by atoms with E-state index in [9.17, 15) is 9.59 Å². The highest BCUT2D eigenvalue weighted by Crippen LogP contribution is 2.12. The lowest BCUT2D eigenvalue weighted by atomic mass is 10.2. The summed E-state index contributed by atoms with van der Waals surface area (Å²) in [5, 5.41) is 0.280. The molecular weight excluding hydrogens is 346 g/mol. The van der Waals surface area contributed by atoms with Gasteiger partial charge >= 0.3 is 0 Å². The summed E-state index contributed by atoms with van der Waals surface area (Å²) in [6.07, 6.45) is 5.02. The molecule has 0 atom stereocenters. The second-order valence-corrected chi connectivity index (χ2v) is 5.32. The zero-order valence-corrected chi connectivity index (χ0v) is 15.8. The summed E-state index contributed by atoms with van der Waals surface area (Å²) in [5.74, 6) is 1.31. The summed E-state index contributed by atoms with van der Waals surface area (Å²) in [4.78, 5) is 33.8. The van der Waals surface area contributed by atoms with E-state index < -0.39 is 11.1 Å². The standard InChI is InChI=1S/C18H17N3O4.C2H6/c1-3-16-13(19-10-25-16)9-15-18(23)20-14(17(22)21-15)8-11-5-4-6-12(7-11)24-2;1-2/h4-10H,3H2,1-2H3,(H,20,23)(H,21,22);1-2H3/b14-8-,15-9-;. The molecule has 0 radical (unpaired) electrons. The van der Waals surface area contributed by atoms with Crippen LogP contribution in [0.3, 0.4) is 0 Å². The zero-order chi connectivity index (χ0) is 19.8. The summed E-state index contributed by atoms with van der Waals surface area (Å²) in [7, 11) is 1.56. The fraction of sp³-hybridized carbons (Fsp3) is 0.250. The monoisotopic (exact) mass is 369 g/mol. The van der Waals surface area contributed by atoms with Crippen molar-refractivity contribution in [2.45, 2.75) is 27.2 Å². The smallest absolute Gasteiger partial charge is 0.272 e. The molecule has 142 valence electrons. The fourth-order valence-electron chi connectivity index (χ4n) is 2.39. The van der Waals surface area contributed by atoms with Gasteiger partial charge in [-0.25, -0.2) is 4.98 Å². The summed E-state index contributed by atoms with van der Waals surface area (Å²) >= 11 is 0. The maximum atomic E-state index is 12.3. The lowest BCUT2D eigenvalue weighted by Crippen LogP contribution is -2.46. The van der Waals surface area contributed by atoms with E-state index in [1.54, 1.807) is 31.4 Å². The van der Waals surface area contributed by atoms with E-state index in [0.717, 1.165) is 5.56 Å². The number of oxazole rings is 1. The minimum Gasteiger partial charge on any atom is -0.497 e. The van der Waals surface area contributed by atoms with Crippen LogP contribution in [0.5, 0.6) is 5.75 Å². The van der Waals surface area contributed by atoms with Gasteiger partial charge in [-0.3, -0.25) is 9.59 Å². The number of hydrogen-bond donors (Lipinski definition) is 2. The van der Waals surface area contributed by atoms with Crippen LogP contribution in [-0.4, -0.2) is 22.1 Å². The number of benzene rings is 1. The molecule has 3 rings (SSSR count). The van der Waals surface area contributed by atoms with E-state index in [1.165, 1.54) is 12.5 Å². The molecule has 7 heteroatoms. The van der Waals surface area contributed by atoms with E-state index in [-0.39, 0.29) is 10.7 Å². The van der Waals surface area contributed by atoms with Gasteiger partial charge in [0.15, 0.2) is 6.39 Å². The highest BCUT2D eigenvalue weighted by Gasteiger charge is 2.04. The second-order valence-electron chi connectivity index (χ2n) is 5.32. The number of H-pyrrole nitrogens is 2. The van der Waals surface area contributed by atoms with E-state index in [0.29, 0.717) is 23.6 Å². The van der Waals surface area contributed by atoms with Crippen LogP contribution in [0.25, 0.3) is 12.2 Å². The number of aromatic amines is 2. The van der Waals surface area contributed by atoms with Crippen molar-refractivity contribution < 1.29 is 9.15 Å². The van der Waals surface area contributed by atoms with E-state index in [4.69, 9.17) is 9.15 Å². The van der Waals surface area contributed by atoms with E-state index in [2.05, 4.69) is 15.0 Å². The quantitative estimate of drug-likeness (QED) is 0.722. The minimum absolute atomic E-state index is 0.122. The Morgan fingerprint density at radius 1 is 1.11 bits per heavy atom. The molecule has 1 aromatic carbocycles. The molecule has 0 saturated heterocycles. The molecule has 0 saturated carbocycles. The van der Waals surface area contributed by atoms with Gasteiger partial charge in [0.05, 0.1) is 7.11 Å². The SMILES string of the molecule is CC.CCc1ocnc1/C=c1\[nH]c(=O)/c(=C/c2cccc(OC)c2)[nH]c1=O. The average molecular weight is 369 g/mol.